The van der Waals surface area contributed by atoms with Crippen LogP contribution in [0.15, 0.2) is 0 Å². The van der Waals surface area contributed by atoms with E-state index in [0.717, 1.165) is 0 Å². The molecule has 7 nitrogen and oxygen atoms in total. The molecule has 0 aromatic carbocycles. The van der Waals surface area contributed by atoms with Gasteiger partial charge in [-0.15, -0.1) is 0 Å². The van der Waals surface area contributed by atoms with Gasteiger partial charge in [-0.1, -0.05) is 6.92 Å². The van der Waals surface area contributed by atoms with Gasteiger partial charge >= 0.3 is 17.9 Å². The molecule has 0 amide bonds. The van der Waals surface area contributed by atoms with Crippen LogP contribution in [-0.4, -0.2) is 48.9 Å². The van der Waals surface area contributed by atoms with Gasteiger partial charge in [0.1, 0.15) is 12.7 Å². The third-order valence-electron chi connectivity index (χ3n) is 5.34. The number of carbonyl (C=O) groups is 3. The molecule has 7 heteroatoms. The topological polar surface area (TPSA) is 88.1 Å². The van der Waals surface area contributed by atoms with Crippen molar-refractivity contribution in [3.8, 4) is 0 Å². The van der Waals surface area contributed by atoms with Crippen molar-refractivity contribution in [2.75, 3.05) is 6.61 Å². The molecule has 3 heterocycles. The van der Waals surface area contributed by atoms with Gasteiger partial charge in [0.2, 0.25) is 0 Å². The first-order chi connectivity index (χ1) is 11.2. The van der Waals surface area contributed by atoms with Crippen LogP contribution in [0.3, 0.4) is 0 Å². The fourth-order valence-electron chi connectivity index (χ4n) is 3.24. The fraction of sp³-hybridized carbons (Fsp3) is 0.824. The Morgan fingerprint density at radius 3 is 2.71 bits per heavy atom. The standard InChI is InChI=1S/C17H24O7/c1-5-17(3,4)16(20)21-7-8(2)14(18)23-12-10-6-9-11(22-10)13(12)24-15(9)19/h8-13H,5-7H2,1-4H3. The Hall–Kier alpha value is -1.63. The van der Waals surface area contributed by atoms with Crippen LogP contribution in [0.5, 0.6) is 0 Å². The highest BCUT2D eigenvalue weighted by atomic mass is 16.7. The summed E-state index contributed by atoms with van der Waals surface area (Å²) < 4.78 is 21.7. The van der Waals surface area contributed by atoms with Gasteiger partial charge in [-0.3, -0.25) is 14.4 Å². The molecule has 3 rings (SSSR count). The van der Waals surface area contributed by atoms with Crippen molar-refractivity contribution in [3.63, 3.8) is 0 Å². The largest absolute Gasteiger partial charge is 0.464 e. The van der Waals surface area contributed by atoms with Gasteiger partial charge in [0, 0.05) is 0 Å². The molecule has 6 unspecified atom stereocenters. The maximum absolute atomic E-state index is 12.3. The minimum Gasteiger partial charge on any atom is -0.464 e. The molecular weight excluding hydrogens is 316 g/mol. The second kappa shape index (κ2) is 6.02. The summed E-state index contributed by atoms with van der Waals surface area (Å²) in [6.07, 6.45) is -0.449. The first-order valence-corrected chi connectivity index (χ1v) is 8.48. The molecule has 0 aromatic rings. The number of carbonyl (C=O) groups excluding carboxylic acids is 3. The van der Waals surface area contributed by atoms with E-state index in [1.54, 1.807) is 20.8 Å². The van der Waals surface area contributed by atoms with Gasteiger partial charge in [-0.05, 0) is 33.6 Å². The van der Waals surface area contributed by atoms with Gasteiger partial charge in [0.25, 0.3) is 0 Å². The van der Waals surface area contributed by atoms with Crippen molar-refractivity contribution in [2.45, 2.75) is 65.0 Å². The number of hydrogen-bond donors (Lipinski definition) is 0. The van der Waals surface area contributed by atoms with Crippen molar-refractivity contribution in [2.24, 2.45) is 17.3 Å². The SMILES string of the molecule is CCC(C)(C)C(=O)OCC(C)C(=O)OC1C2CC3C(=O)OC1C3O2. The molecule has 0 N–H and O–H groups in total. The number of hydrogen-bond acceptors (Lipinski definition) is 7. The molecule has 24 heavy (non-hydrogen) atoms. The predicted octanol–water partition coefficient (Wildman–Crippen LogP) is 1.23. The highest BCUT2D eigenvalue weighted by Gasteiger charge is 2.65. The summed E-state index contributed by atoms with van der Waals surface area (Å²) in [5, 5.41) is 0. The Morgan fingerprint density at radius 1 is 1.33 bits per heavy atom. The second-order valence-electron chi connectivity index (χ2n) is 7.52. The van der Waals surface area contributed by atoms with E-state index < -0.39 is 29.5 Å². The Labute approximate surface area is 140 Å². The summed E-state index contributed by atoms with van der Waals surface area (Å²) in [5.74, 6) is -1.88. The third kappa shape index (κ3) is 2.79. The van der Waals surface area contributed by atoms with Crippen LogP contribution in [-0.2, 0) is 33.3 Å². The Kier molecular flexibility index (Phi) is 4.32. The summed E-state index contributed by atoms with van der Waals surface area (Å²) in [7, 11) is 0. The lowest BCUT2D eigenvalue weighted by atomic mass is 9.88. The van der Waals surface area contributed by atoms with Crippen molar-refractivity contribution in [1.82, 2.24) is 0 Å². The van der Waals surface area contributed by atoms with Crippen LogP contribution in [0, 0.1) is 17.3 Å². The van der Waals surface area contributed by atoms with Gasteiger partial charge in [0.05, 0.1) is 23.4 Å². The van der Waals surface area contributed by atoms with Crippen molar-refractivity contribution in [1.29, 1.82) is 0 Å². The average Bonchev–Trinajstić information content (AvgIpc) is 3.16. The van der Waals surface area contributed by atoms with Gasteiger partial charge < -0.3 is 18.9 Å². The molecule has 3 fully saturated rings. The van der Waals surface area contributed by atoms with E-state index in [9.17, 15) is 14.4 Å². The highest BCUT2D eigenvalue weighted by molar-refractivity contribution is 5.78. The summed E-state index contributed by atoms with van der Waals surface area (Å²) in [5.41, 5.74) is -0.574. The fourth-order valence-corrected chi connectivity index (χ4v) is 3.24. The van der Waals surface area contributed by atoms with Gasteiger partial charge in [-0.25, -0.2) is 0 Å². The van der Waals surface area contributed by atoms with Crippen molar-refractivity contribution < 1.29 is 33.3 Å². The van der Waals surface area contributed by atoms with E-state index in [1.165, 1.54) is 0 Å². The predicted molar refractivity (Wildman–Crippen MR) is 80.7 cm³/mol. The monoisotopic (exact) mass is 340 g/mol. The lowest BCUT2D eigenvalue weighted by Gasteiger charge is -2.25. The Bertz CT molecular complexity index is 555. The van der Waals surface area contributed by atoms with Crippen LogP contribution >= 0.6 is 0 Å². The molecule has 2 bridgehead atoms. The molecule has 3 saturated heterocycles. The van der Waals surface area contributed by atoms with E-state index in [4.69, 9.17) is 18.9 Å². The zero-order chi connectivity index (χ0) is 17.6. The summed E-state index contributed by atoms with van der Waals surface area (Å²) >= 11 is 0. The number of ether oxygens (including phenoxy) is 4. The number of esters is 3. The number of rotatable bonds is 6. The summed E-state index contributed by atoms with van der Waals surface area (Å²) in [6, 6.07) is 0. The van der Waals surface area contributed by atoms with Gasteiger partial charge in [-0.2, -0.15) is 0 Å². The molecule has 134 valence electrons. The molecular formula is C17H24O7. The Morgan fingerprint density at radius 2 is 2.04 bits per heavy atom. The summed E-state index contributed by atoms with van der Waals surface area (Å²) in [4.78, 5) is 35.9. The first kappa shape index (κ1) is 17.2. The van der Waals surface area contributed by atoms with E-state index in [-0.39, 0.29) is 36.7 Å². The lowest BCUT2D eigenvalue weighted by Crippen LogP contribution is -2.41. The van der Waals surface area contributed by atoms with E-state index in [2.05, 4.69) is 0 Å². The molecule has 0 aliphatic carbocycles. The smallest absolute Gasteiger partial charge is 0.312 e. The zero-order valence-electron chi connectivity index (χ0n) is 14.4. The van der Waals surface area contributed by atoms with Crippen LogP contribution in [0.1, 0.15) is 40.5 Å². The highest BCUT2D eigenvalue weighted by Crippen LogP contribution is 2.47. The molecule has 0 spiro atoms. The van der Waals surface area contributed by atoms with Crippen LogP contribution in [0.2, 0.25) is 0 Å². The zero-order valence-corrected chi connectivity index (χ0v) is 14.4. The van der Waals surface area contributed by atoms with E-state index in [1.807, 2.05) is 6.92 Å². The normalized spacial score (nSPS) is 34.8. The van der Waals surface area contributed by atoms with Crippen molar-refractivity contribution in [3.05, 3.63) is 0 Å². The minimum absolute atomic E-state index is 0.0319. The average molecular weight is 340 g/mol. The molecule has 3 aliphatic heterocycles. The lowest BCUT2D eigenvalue weighted by molar-refractivity contribution is -0.168. The summed E-state index contributed by atoms with van der Waals surface area (Å²) in [6.45, 7) is 7.12. The minimum atomic E-state index is -0.589. The van der Waals surface area contributed by atoms with Crippen molar-refractivity contribution >= 4 is 17.9 Å². The number of fused-ring (bicyclic) bond motifs is 1. The second-order valence-corrected chi connectivity index (χ2v) is 7.52. The molecule has 0 saturated carbocycles. The Balaban J connectivity index is 1.51. The molecule has 0 radical (unpaired) electrons. The van der Waals surface area contributed by atoms with Crippen LogP contribution < -0.4 is 0 Å². The van der Waals surface area contributed by atoms with Gasteiger partial charge in [0.15, 0.2) is 12.2 Å². The molecule has 3 aliphatic rings. The first-order valence-electron chi connectivity index (χ1n) is 8.48. The molecule has 0 aromatic heterocycles. The molecule has 6 atom stereocenters. The maximum atomic E-state index is 12.3. The maximum Gasteiger partial charge on any atom is 0.312 e. The van der Waals surface area contributed by atoms with Crippen LogP contribution in [0.25, 0.3) is 0 Å². The van der Waals surface area contributed by atoms with E-state index >= 15 is 0 Å². The quantitative estimate of drug-likeness (QED) is 0.531. The third-order valence-corrected chi connectivity index (χ3v) is 5.34. The van der Waals surface area contributed by atoms with E-state index in [0.29, 0.717) is 12.8 Å². The van der Waals surface area contributed by atoms with Crippen LogP contribution in [0.4, 0.5) is 0 Å².